The molecule has 0 bridgehead atoms. The SMILES string of the molecule is Cc1cc2[se]c3ccccc3c2cn1. The van der Waals surface area contributed by atoms with E-state index in [0.717, 1.165) is 5.69 Å². The minimum absolute atomic E-state index is 0.486. The van der Waals surface area contributed by atoms with Gasteiger partial charge in [0.1, 0.15) is 0 Å². The van der Waals surface area contributed by atoms with Gasteiger partial charge in [-0.05, 0) is 0 Å². The molecule has 1 nitrogen and oxygen atoms in total. The first kappa shape index (κ1) is 8.22. The van der Waals surface area contributed by atoms with Crippen LogP contribution in [-0.4, -0.2) is 19.5 Å². The van der Waals surface area contributed by atoms with Crippen LogP contribution in [0.5, 0.6) is 0 Å². The van der Waals surface area contributed by atoms with Crippen molar-refractivity contribution in [1.29, 1.82) is 0 Å². The Bertz CT molecular complexity index is 610. The fourth-order valence-corrected chi connectivity index (χ4v) is 4.18. The quantitative estimate of drug-likeness (QED) is 0.556. The second-order valence-electron chi connectivity index (χ2n) is 3.42. The summed E-state index contributed by atoms with van der Waals surface area (Å²) in [5, 5.41) is 2.72. The van der Waals surface area contributed by atoms with E-state index < -0.39 is 0 Å². The molecule has 0 aliphatic rings. The molecule has 0 N–H and O–H groups in total. The van der Waals surface area contributed by atoms with Gasteiger partial charge in [-0.15, -0.1) is 0 Å². The molecule has 0 unspecified atom stereocenters. The second kappa shape index (κ2) is 2.94. The molecule has 0 saturated heterocycles. The number of fused-ring (bicyclic) bond motifs is 3. The fourth-order valence-electron chi connectivity index (χ4n) is 1.72. The summed E-state index contributed by atoms with van der Waals surface area (Å²) in [5.41, 5.74) is 1.12. The Kier molecular flexibility index (Phi) is 1.73. The van der Waals surface area contributed by atoms with E-state index in [9.17, 15) is 0 Å². The van der Waals surface area contributed by atoms with Crippen molar-refractivity contribution in [3.8, 4) is 0 Å². The van der Waals surface area contributed by atoms with Crippen molar-refractivity contribution in [2.45, 2.75) is 6.92 Å². The van der Waals surface area contributed by atoms with Gasteiger partial charge in [0.2, 0.25) is 0 Å². The standard InChI is InChI=1S/C12H9NSe/c1-8-6-12-10(7-13-8)9-4-2-3-5-11(9)14-12/h2-7H,1H3. The van der Waals surface area contributed by atoms with Crippen LogP contribution < -0.4 is 0 Å². The maximum atomic E-state index is 4.36. The first-order chi connectivity index (χ1) is 6.84. The summed E-state index contributed by atoms with van der Waals surface area (Å²) in [6.07, 6.45) is 2.01. The van der Waals surface area contributed by atoms with E-state index in [1.807, 2.05) is 6.20 Å². The first-order valence-electron chi connectivity index (χ1n) is 4.58. The molecule has 2 heterocycles. The zero-order valence-electron chi connectivity index (χ0n) is 7.82. The van der Waals surface area contributed by atoms with E-state index in [-0.39, 0.29) is 0 Å². The molecule has 0 spiro atoms. The summed E-state index contributed by atoms with van der Waals surface area (Å²) in [6.45, 7) is 2.05. The van der Waals surface area contributed by atoms with Gasteiger partial charge in [-0.25, -0.2) is 0 Å². The van der Waals surface area contributed by atoms with Crippen molar-refractivity contribution in [2.75, 3.05) is 0 Å². The summed E-state index contributed by atoms with van der Waals surface area (Å²) < 4.78 is 2.97. The molecule has 14 heavy (non-hydrogen) atoms. The monoisotopic (exact) mass is 247 g/mol. The van der Waals surface area contributed by atoms with Crippen LogP contribution in [0.4, 0.5) is 0 Å². The number of benzene rings is 1. The molecular formula is C12H9NSe. The van der Waals surface area contributed by atoms with Gasteiger partial charge in [0, 0.05) is 0 Å². The van der Waals surface area contributed by atoms with Crippen LogP contribution in [-0.2, 0) is 0 Å². The summed E-state index contributed by atoms with van der Waals surface area (Å²) in [5.74, 6) is 0. The Morgan fingerprint density at radius 1 is 1.07 bits per heavy atom. The van der Waals surface area contributed by atoms with Gasteiger partial charge in [0.15, 0.2) is 0 Å². The number of pyridine rings is 1. The molecule has 0 radical (unpaired) electrons. The van der Waals surface area contributed by atoms with Crippen molar-refractivity contribution in [3.63, 3.8) is 0 Å². The maximum absolute atomic E-state index is 4.36. The molecule has 0 atom stereocenters. The molecule has 3 rings (SSSR count). The topological polar surface area (TPSA) is 12.9 Å². The third kappa shape index (κ3) is 1.12. The summed E-state index contributed by atoms with van der Waals surface area (Å²) >= 11 is 0.486. The molecule has 0 saturated carbocycles. The van der Waals surface area contributed by atoms with Crippen molar-refractivity contribution >= 4 is 33.8 Å². The van der Waals surface area contributed by atoms with Crippen molar-refractivity contribution in [1.82, 2.24) is 4.98 Å². The van der Waals surface area contributed by atoms with Crippen molar-refractivity contribution < 1.29 is 0 Å². The molecular weight excluding hydrogens is 237 g/mol. The number of hydrogen-bond acceptors (Lipinski definition) is 1. The number of nitrogens with zero attached hydrogens (tertiary/aromatic N) is 1. The third-order valence-corrected chi connectivity index (χ3v) is 4.78. The Hall–Kier alpha value is -1.11. The average Bonchev–Trinajstić information content (AvgIpc) is 2.54. The number of aromatic nitrogens is 1. The third-order valence-electron chi connectivity index (χ3n) is 2.40. The fraction of sp³-hybridized carbons (Fsp3) is 0.0833. The Morgan fingerprint density at radius 3 is 2.86 bits per heavy atom. The van der Waals surface area contributed by atoms with Crippen LogP contribution >= 0.6 is 0 Å². The van der Waals surface area contributed by atoms with Gasteiger partial charge in [0.05, 0.1) is 0 Å². The van der Waals surface area contributed by atoms with Crippen LogP contribution in [0, 0.1) is 6.92 Å². The van der Waals surface area contributed by atoms with Gasteiger partial charge >= 0.3 is 87.9 Å². The van der Waals surface area contributed by atoms with E-state index in [0.29, 0.717) is 14.5 Å². The van der Waals surface area contributed by atoms with Gasteiger partial charge in [-0.1, -0.05) is 0 Å². The van der Waals surface area contributed by atoms with Crippen LogP contribution in [0.3, 0.4) is 0 Å². The molecule has 2 aromatic heterocycles. The Morgan fingerprint density at radius 2 is 1.93 bits per heavy atom. The summed E-state index contributed by atoms with van der Waals surface area (Å²) in [6, 6.07) is 10.9. The molecule has 0 aliphatic heterocycles. The van der Waals surface area contributed by atoms with Crippen molar-refractivity contribution in [2.24, 2.45) is 0 Å². The normalized spacial score (nSPS) is 11.2. The summed E-state index contributed by atoms with van der Waals surface area (Å²) in [4.78, 5) is 4.36. The Balaban J connectivity index is 2.57. The van der Waals surface area contributed by atoms with Gasteiger partial charge < -0.3 is 0 Å². The first-order valence-corrected chi connectivity index (χ1v) is 6.30. The molecule has 0 aliphatic carbocycles. The van der Waals surface area contributed by atoms with Gasteiger partial charge in [-0.2, -0.15) is 0 Å². The van der Waals surface area contributed by atoms with E-state index in [2.05, 4.69) is 42.2 Å². The molecule has 0 amide bonds. The van der Waals surface area contributed by atoms with Gasteiger partial charge in [0.25, 0.3) is 0 Å². The molecule has 68 valence electrons. The molecule has 1 aromatic carbocycles. The van der Waals surface area contributed by atoms with E-state index in [4.69, 9.17) is 0 Å². The van der Waals surface area contributed by atoms with Crippen LogP contribution in [0.1, 0.15) is 5.69 Å². The van der Waals surface area contributed by atoms with E-state index >= 15 is 0 Å². The number of rotatable bonds is 0. The summed E-state index contributed by atoms with van der Waals surface area (Å²) in [7, 11) is 0. The second-order valence-corrected chi connectivity index (χ2v) is 5.69. The van der Waals surface area contributed by atoms with E-state index in [1.165, 1.54) is 19.3 Å². The number of aryl methyl sites for hydroxylation is 1. The Labute approximate surface area is 88.1 Å². The van der Waals surface area contributed by atoms with Crippen molar-refractivity contribution in [3.05, 3.63) is 42.2 Å². The molecule has 2 heteroatoms. The minimum atomic E-state index is 0.486. The zero-order valence-corrected chi connectivity index (χ0v) is 9.53. The van der Waals surface area contributed by atoms with E-state index in [1.54, 1.807) is 0 Å². The zero-order chi connectivity index (χ0) is 9.54. The van der Waals surface area contributed by atoms with Crippen LogP contribution in [0.2, 0.25) is 0 Å². The van der Waals surface area contributed by atoms with Gasteiger partial charge in [-0.3, -0.25) is 0 Å². The predicted octanol–water partition coefficient (Wildman–Crippen LogP) is 2.75. The number of hydrogen-bond donors (Lipinski definition) is 0. The molecule has 3 aromatic rings. The average molecular weight is 246 g/mol. The van der Waals surface area contributed by atoms with Crippen LogP contribution in [0.25, 0.3) is 19.3 Å². The molecule has 0 fully saturated rings. The predicted molar refractivity (Wildman–Crippen MR) is 60.9 cm³/mol. The van der Waals surface area contributed by atoms with Crippen LogP contribution in [0.15, 0.2) is 36.5 Å².